The molecule has 0 N–H and O–H groups in total. The van der Waals surface area contributed by atoms with Gasteiger partial charge in [0.25, 0.3) is 5.95 Å². The van der Waals surface area contributed by atoms with Crippen molar-refractivity contribution in [1.82, 2.24) is 9.97 Å². The van der Waals surface area contributed by atoms with Gasteiger partial charge in [-0.1, -0.05) is 91.0 Å². The second-order valence-corrected chi connectivity index (χ2v) is 10.2. The second kappa shape index (κ2) is 9.32. The van der Waals surface area contributed by atoms with Gasteiger partial charge < -0.3 is 9.15 Å². The minimum atomic E-state index is -0.588. The molecule has 1 aliphatic rings. The van der Waals surface area contributed by atoms with E-state index in [1.807, 2.05) is 54.9 Å². The number of hydrogen-bond donors (Lipinski definition) is 0. The van der Waals surface area contributed by atoms with Gasteiger partial charge in [0, 0.05) is 29.4 Å². The van der Waals surface area contributed by atoms with Gasteiger partial charge in [0.05, 0.1) is 16.8 Å². The van der Waals surface area contributed by atoms with E-state index in [4.69, 9.17) is 14.1 Å². The van der Waals surface area contributed by atoms with Crippen molar-refractivity contribution in [2.75, 3.05) is 0 Å². The van der Waals surface area contributed by atoms with Crippen molar-refractivity contribution in [3.05, 3.63) is 168 Å². The predicted octanol–water partition coefficient (Wildman–Crippen LogP) is 9.05. The lowest BCUT2D eigenvalue weighted by atomic mass is 9.70. The SMILES string of the molecule is c1ccc(C2(c3cccc(Oc4cc(-c5nccc6ccccc56)co4)c3)c3ccccc3-c3ccccc32)nc1. The fourth-order valence-electron chi connectivity index (χ4n) is 6.31. The highest BCUT2D eigenvalue weighted by molar-refractivity contribution is 5.94. The maximum absolute atomic E-state index is 6.33. The molecule has 0 saturated heterocycles. The quantitative estimate of drug-likeness (QED) is 0.224. The largest absolute Gasteiger partial charge is 0.433 e. The Hall–Kier alpha value is -5.48. The third kappa shape index (κ3) is 3.61. The van der Waals surface area contributed by atoms with Gasteiger partial charge in [0.15, 0.2) is 0 Å². The molecular formula is C37H24N2O2. The molecule has 7 aromatic rings. The predicted molar refractivity (Wildman–Crippen MR) is 161 cm³/mol. The molecule has 4 nitrogen and oxygen atoms in total. The summed E-state index contributed by atoms with van der Waals surface area (Å²) >= 11 is 0. The van der Waals surface area contributed by atoms with Crippen molar-refractivity contribution in [2.45, 2.75) is 5.41 Å². The molecule has 0 bridgehead atoms. The van der Waals surface area contributed by atoms with E-state index in [0.717, 1.165) is 33.3 Å². The standard InChI is InChI=1S/C37H24N2O2/c1-2-13-29-25(10-1)19-21-39-36(29)26-22-35(40-24-26)41-28-12-9-11-27(23-28)37(34-18-7-8-20-38-34)32-16-5-3-14-30(32)31-15-4-6-17-33(31)37/h1-24H. The van der Waals surface area contributed by atoms with Gasteiger partial charge in [-0.2, -0.15) is 0 Å². The van der Waals surface area contributed by atoms with E-state index in [1.54, 1.807) is 6.26 Å². The van der Waals surface area contributed by atoms with Crippen LogP contribution < -0.4 is 4.74 Å². The Bertz CT molecular complexity index is 1990. The van der Waals surface area contributed by atoms with Crippen LogP contribution in [-0.4, -0.2) is 9.97 Å². The number of furan rings is 1. The number of fused-ring (bicyclic) bond motifs is 4. The molecule has 4 heteroatoms. The van der Waals surface area contributed by atoms with Gasteiger partial charge in [-0.25, -0.2) is 0 Å². The van der Waals surface area contributed by atoms with Gasteiger partial charge in [0.1, 0.15) is 12.0 Å². The van der Waals surface area contributed by atoms with Gasteiger partial charge >= 0.3 is 0 Å². The third-order valence-electron chi connectivity index (χ3n) is 8.01. The minimum Gasteiger partial charge on any atom is -0.433 e. The van der Waals surface area contributed by atoms with E-state index in [-0.39, 0.29) is 0 Å². The van der Waals surface area contributed by atoms with Crippen LogP contribution in [0.25, 0.3) is 33.2 Å². The molecule has 41 heavy (non-hydrogen) atoms. The number of hydrogen-bond acceptors (Lipinski definition) is 4. The smallest absolute Gasteiger partial charge is 0.290 e. The summed E-state index contributed by atoms with van der Waals surface area (Å²) in [6, 6.07) is 43.7. The van der Waals surface area contributed by atoms with E-state index in [9.17, 15) is 0 Å². The molecule has 0 unspecified atom stereocenters. The van der Waals surface area contributed by atoms with Crippen LogP contribution in [0.15, 0.2) is 150 Å². The summed E-state index contributed by atoms with van der Waals surface area (Å²) in [6.45, 7) is 0. The summed E-state index contributed by atoms with van der Waals surface area (Å²) < 4.78 is 12.2. The summed E-state index contributed by atoms with van der Waals surface area (Å²) in [5, 5.41) is 2.20. The van der Waals surface area contributed by atoms with Crippen molar-refractivity contribution in [1.29, 1.82) is 0 Å². The number of nitrogens with zero attached hydrogens (tertiary/aromatic N) is 2. The molecule has 0 atom stereocenters. The van der Waals surface area contributed by atoms with Crippen LogP contribution in [0.1, 0.15) is 22.4 Å². The Kier molecular flexibility index (Phi) is 5.32. The fraction of sp³-hybridized carbons (Fsp3) is 0.0270. The second-order valence-electron chi connectivity index (χ2n) is 10.2. The van der Waals surface area contributed by atoms with Crippen molar-refractivity contribution < 1.29 is 9.15 Å². The fourth-order valence-corrected chi connectivity index (χ4v) is 6.31. The average Bonchev–Trinajstić information content (AvgIpc) is 3.62. The molecule has 0 spiro atoms. The lowest BCUT2D eigenvalue weighted by Crippen LogP contribution is -2.29. The lowest BCUT2D eigenvalue weighted by Gasteiger charge is -2.32. The zero-order valence-electron chi connectivity index (χ0n) is 22.1. The first kappa shape index (κ1) is 23.4. The van der Waals surface area contributed by atoms with Gasteiger partial charge in [-0.3, -0.25) is 9.97 Å². The first-order valence-corrected chi connectivity index (χ1v) is 13.6. The molecule has 194 valence electrons. The lowest BCUT2D eigenvalue weighted by molar-refractivity contribution is 0.346. The summed E-state index contributed by atoms with van der Waals surface area (Å²) in [7, 11) is 0. The van der Waals surface area contributed by atoms with Crippen LogP contribution in [0.5, 0.6) is 11.7 Å². The Labute approximate surface area is 237 Å². The van der Waals surface area contributed by atoms with E-state index < -0.39 is 5.41 Å². The number of ether oxygens (including phenoxy) is 1. The molecule has 3 aromatic heterocycles. The number of rotatable bonds is 5. The third-order valence-corrected chi connectivity index (χ3v) is 8.01. The van der Waals surface area contributed by atoms with E-state index in [1.165, 1.54) is 22.3 Å². The molecule has 0 saturated carbocycles. The van der Waals surface area contributed by atoms with Crippen LogP contribution in [0.3, 0.4) is 0 Å². The monoisotopic (exact) mass is 528 g/mol. The first-order chi connectivity index (χ1) is 20.3. The van der Waals surface area contributed by atoms with Gasteiger partial charge in [0.2, 0.25) is 0 Å². The number of aromatic nitrogens is 2. The van der Waals surface area contributed by atoms with Crippen LogP contribution >= 0.6 is 0 Å². The molecule has 4 aromatic carbocycles. The molecule has 0 amide bonds. The summed E-state index contributed by atoms with van der Waals surface area (Å²) in [6.07, 6.45) is 5.39. The van der Waals surface area contributed by atoms with Crippen molar-refractivity contribution in [3.63, 3.8) is 0 Å². The van der Waals surface area contributed by atoms with Crippen LogP contribution in [0, 0.1) is 0 Å². The zero-order chi connectivity index (χ0) is 27.2. The van der Waals surface area contributed by atoms with E-state index >= 15 is 0 Å². The molecule has 8 rings (SSSR count). The van der Waals surface area contributed by atoms with Gasteiger partial charge in [-0.15, -0.1) is 0 Å². The molecular weight excluding hydrogens is 504 g/mol. The molecule has 0 aliphatic heterocycles. The average molecular weight is 529 g/mol. The van der Waals surface area contributed by atoms with Crippen LogP contribution in [0.4, 0.5) is 0 Å². The molecule has 0 radical (unpaired) electrons. The highest BCUT2D eigenvalue weighted by atomic mass is 16.6. The Balaban J connectivity index is 1.24. The Morgan fingerprint density at radius 3 is 2.17 bits per heavy atom. The molecule has 0 fully saturated rings. The maximum atomic E-state index is 6.33. The summed E-state index contributed by atoms with van der Waals surface area (Å²) in [4.78, 5) is 9.54. The highest BCUT2D eigenvalue weighted by Gasteiger charge is 2.47. The summed E-state index contributed by atoms with van der Waals surface area (Å²) in [5.41, 5.74) is 8.05. The first-order valence-electron chi connectivity index (χ1n) is 13.6. The minimum absolute atomic E-state index is 0.408. The number of benzene rings is 4. The highest BCUT2D eigenvalue weighted by Crippen LogP contribution is 2.55. The van der Waals surface area contributed by atoms with Crippen molar-refractivity contribution in [3.8, 4) is 34.1 Å². The van der Waals surface area contributed by atoms with Crippen molar-refractivity contribution >= 4 is 10.8 Å². The Morgan fingerprint density at radius 2 is 1.37 bits per heavy atom. The molecule has 1 aliphatic carbocycles. The normalized spacial score (nSPS) is 13.1. The number of pyridine rings is 2. The molecule has 3 heterocycles. The summed E-state index contributed by atoms with van der Waals surface area (Å²) in [5.74, 6) is 1.09. The van der Waals surface area contributed by atoms with E-state index in [0.29, 0.717) is 11.7 Å². The van der Waals surface area contributed by atoms with Crippen LogP contribution in [-0.2, 0) is 5.41 Å². The van der Waals surface area contributed by atoms with E-state index in [2.05, 4.69) is 89.9 Å². The Morgan fingerprint density at radius 1 is 0.610 bits per heavy atom. The van der Waals surface area contributed by atoms with Crippen molar-refractivity contribution in [2.24, 2.45) is 0 Å². The zero-order valence-corrected chi connectivity index (χ0v) is 22.1. The topological polar surface area (TPSA) is 48.2 Å². The maximum Gasteiger partial charge on any atom is 0.290 e. The van der Waals surface area contributed by atoms with Gasteiger partial charge in [-0.05, 0) is 63.5 Å². The van der Waals surface area contributed by atoms with Crippen LogP contribution in [0.2, 0.25) is 0 Å².